The van der Waals surface area contributed by atoms with E-state index in [2.05, 4.69) is 10.3 Å². The molecule has 1 heterocycles. The minimum Gasteiger partial charge on any atom is -0.306 e. The van der Waals surface area contributed by atoms with E-state index in [0.717, 1.165) is 16.8 Å². The van der Waals surface area contributed by atoms with Gasteiger partial charge in [-0.3, -0.25) is 0 Å². The molecule has 2 aromatic rings. The normalized spacial score (nSPS) is 11.8. The Bertz CT molecular complexity index is 571. The zero-order valence-corrected chi connectivity index (χ0v) is 12.0. The molecule has 0 saturated heterocycles. The van der Waals surface area contributed by atoms with Crippen LogP contribution in [-0.4, -0.2) is 4.98 Å². The Morgan fingerprint density at radius 1 is 1.20 bits per heavy atom. The lowest BCUT2D eigenvalue weighted by Crippen LogP contribution is -2.13. The van der Waals surface area contributed by atoms with E-state index >= 15 is 0 Å². The standard InChI is InChI=1S/C14H15F3N2S/c1-9-10(2)20-13(19-9)8-18-7-11-4-3-5-12(6-11)14(15,16)17/h3-6,18H,7-8H2,1-2H3. The fourth-order valence-electron chi connectivity index (χ4n) is 1.79. The van der Waals surface area contributed by atoms with Crippen molar-refractivity contribution < 1.29 is 13.2 Å². The molecule has 2 rings (SSSR count). The Morgan fingerprint density at radius 3 is 2.55 bits per heavy atom. The van der Waals surface area contributed by atoms with Crippen molar-refractivity contribution >= 4 is 11.3 Å². The van der Waals surface area contributed by atoms with Gasteiger partial charge in [0, 0.05) is 18.0 Å². The van der Waals surface area contributed by atoms with Crippen LogP contribution in [-0.2, 0) is 19.3 Å². The van der Waals surface area contributed by atoms with E-state index in [0.29, 0.717) is 18.7 Å². The van der Waals surface area contributed by atoms with Gasteiger partial charge in [0.15, 0.2) is 0 Å². The van der Waals surface area contributed by atoms with Crippen molar-refractivity contribution in [3.8, 4) is 0 Å². The third kappa shape index (κ3) is 3.80. The predicted molar refractivity (Wildman–Crippen MR) is 73.6 cm³/mol. The van der Waals surface area contributed by atoms with Gasteiger partial charge < -0.3 is 5.32 Å². The van der Waals surface area contributed by atoms with Crippen LogP contribution in [0.2, 0.25) is 0 Å². The van der Waals surface area contributed by atoms with Gasteiger partial charge in [-0.15, -0.1) is 11.3 Å². The summed E-state index contributed by atoms with van der Waals surface area (Å²) in [5.74, 6) is 0. The molecule has 0 aliphatic rings. The van der Waals surface area contributed by atoms with Crippen molar-refractivity contribution in [3.05, 3.63) is 51.0 Å². The van der Waals surface area contributed by atoms with E-state index in [4.69, 9.17) is 0 Å². The summed E-state index contributed by atoms with van der Waals surface area (Å²) >= 11 is 1.60. The maximum Gasteiger partial charge on any atom is 0.416 e. The maximum absolute atomic E-state index is 12.6. The van der Waals surface area contributed by atoms with Gasteiger partial charge in [0.1, 0.15) is 5.01 Å². The van der Waals surface area contributed by atoms with Gasteiger partial charge in [-0.1, -0.05) is 18.2 Å². The highest BCUT2D eigenvalue weighted by molar-refractivity contribution is 7.11. The van der Waals surface area contributed by atoms with Crippen LogP contribution in [0.5, 0.6) is 0 Å². The van der Waals surface area contributed by atoms with E-state index in [1.165, 1.54) is 17.0 Å². The number of halogens is 3. The first-order valence-electron chi connectivity index (χ1n) is 6.16. The predicted octanol–water partition coefficient (Wildman–Crippen LogP) is 4.07. The number of nitrogens with one attached hydrogen (secondary N) is 1. The number of hydrogen-bond donors (Lipinski definition) is 1. The van der Waals surface area contributed by atoms with Crippen LogP contribution < -0.4 is 5.32 Å². The number of nitrogens with zero attached hydrogens (tertiary/aromatic N) is 1. The van der Waals surface area contributed by atoms with Gasteiger partial charge in [-0.05, 0) is 25.5 Å². The number of hydrogen-bond acceptors (Lipinski definition) is 3. The zero-order chi connectivity index (χ0) is 14.8. The molecular formula is C14H15F3N2S. The van der Waals surface area contributed by atoms with E-state index in [1.54, 1.807) is 17.4 Å². The van der Waals surface area contributed by atoms with Crippen molar-refractivity contribution in [2.45, 2.75) is 33.1 Å². The van der Waals surface area contributed by atoms with Crippen molar-refractivity contribution in [2.75, 3.05) is 0 Å². The minimum atomic E-state index is -4.29. The van der Waals surface area contributed by atoms with Gasteiger partial charge in [0.2, 0.25) is 0 Å². The summed E-state index contributed by atoms with van der Waals surface area (Å²) in [6.45, 7) is 4.91. The van der Waals surface area contributed by atoms with Gasteiger partial charge >= 0.3 is 6.18 Å². The fourth-order valence-corrected chi connectivity index (χ4v) is 2.69. The van der Waals surface area contributed by atoms with Crippen molar-refractivity contribution in [1.29, 1.82) is 0 Å². The first-order chi connectivity index (χ1) is 9.36. The van der Waals surface area contributed by atoms with Crippen LogP contribution in [0.1, 0.15) is 26.7 Å². The Hall–Kier alpha value is -1.40. The molecule has 0 atom stereocenters. The molecule has 1 aromatic heterocycles. The van der Waals surface area contributed by atoms with Crippen molar-refractivity contribution in [2.24, 2.45) is 0 Å². The molecule has 0 fully saturated rings. The Kier molecular flexibility index (Phi) is 4.45. The Morgan fingerprint density at radius 2 is 1.95 bits per heavy atom. The minimum absolute atomic E-state index is 0.390. The second kappa shape index (κ2) is 5.93. The molecule has 2 nitrogen and oxygen atoms in total. The first-order valence-corrected chi connectivity index (χ1v) is 6.97. The molecule has 0 saturated carbocycles. The van der Waals surface area contributed by atoms with E-state index in [1.807, 2.05) is 13.8 Å². The van der Waals surface area contributed by atoms with E-state index in [9.17, 15) is 13.2 Å². The summed E-state index contributed by atoms with van der Waals surface area (Å²) in [6, 6.07) is 5.36. The average Bonchev–Trinajstić information content (AvgIpc) is 2.68. The molecule has 108 valence electrons. The molecule has 0 unspecified atom stereocenters. The molecule has 0 amide bonds. The fraction of sp³-hybridized carbons (Fsp3) is 0.357. The molecule has 0 spiro atoms. The van der Waals surface area contributed by atoms with Crippen LogP contribution in [0.4, 0.5) is 13.2 Å². The Balaban J connectivity index is 1.94. The number of alkyl halides is 3. The summed E-state index contributed by atoms with van der Waals surface area (Å²) in [6.07, 6.45) is -4.29. The van der Waals surface area contributed by atoms with Gasteiger partial charge in [-0.25, -0.2) is 4.98 Å². The van der Waals surface area contributed by atoms with Crippen LogP contribution in [0.3, 0.4) is 0 Å². The van der Waals surface area contributed by atoms with Crippen molar-refractivity contribution in [3.63, 3.8) is 0 Å². The zero-order valence-electron chi connectivity index (χ0n) is 11.2. The summed E-state index contributed by atoms with van der Waals surface area (Å²) < 4.78 is 37.7. The second-order valence-corrected chi connectivity index (χ2v) is 5.84. The molecular weight excluding hydrogens is 285 g/mol. The molecule has 20 heavy (non-hydrogen) atoms. The Labute approximate surface area is 119 Å². The summed E-state index contributed by atoms with van der Waals surface area (Å²) in [7, 11) is 0. The second-order valence-electron chi connectivity index (χ2n) is 4.55. The number of benzene rings is 1. The highest BCUT2D eigenvalue weighted by Crippen LogP contribution is 2.29. The largest absolute Gasteiger partial charge is 0.416 e. The molecule has 0 aliphatic carbocycles. The first kappa shape index (κ1) is 15.0. The van der Waals surface area contributed by atoms with Gasteiger partial charge in [0.05, 0.1) is 11.3 Å². The van der Waals surface area contributed by atoms with E-state index in [-0.39, 0.29) is 0 Å². The lowest BCUT2D eigenvalue weighted by Gasteiger charge is -2.09. The smallest absolute Gasteiger partial charge is 0.306 e. The van der Waals surface area contributed by atoms with Crippen molar-refractivity contribution in [1.82, 2.24) is 10.3 Å². The van der Waals surface area contributed by atoms with Gasteiger partial charge in [-0.2, -0.15) is 13.2 Å². The van der Waals surface area contributed by atoms with Crippen LogP contribution in [0.15, 0.2) is 24.3 Å². The number of rotatable bonds is 4. The van der Waals surface area contributed by atoms with Crippen LogP contribution in [0.25, 0.3) is 0 Å². The quantitative estimate of drug-likeness (QED) is 0.920. The summed E-state index contributed by atoms with van der Waals surface area (Å²) in [5, 5.41) is 4.07. The number of thiazole rings is 1. The lowest BCUT2D eigenvalue weighted by atomic mass is 10.1. The average molecular weight is 300 g/mol. The summed E-state index contributed by atoms with van der Waals surface area (Å²) in [5.41, 5.74) is 1.01. The SMILES string of the molecule is Cc1nc(CNCc2cccc(C(F)(F)F)c2)sc1C. The van der Waals surface area contributed by atoms with Crippen LogP contribution in [0, 0.1) is 13.8 Å². The van der Waals surface area contributed by atoms with Gasteiger partial charge in [0.25, 0.3) is 0 Å². The third-order valence-corrected chi connectivity index (χ3v) is 4.01. The topological polar surface area (TPSA) is 24.9 Å². The third-order valence-electron chi connectivity index (χ3n) is 2.93. The number of aromatic nitrogens is 1. The number of aryl methyl sites for hydroxylation is 2. The highest BCUT2D eigenvalue weighted by Gasteiger charge is 2.30. The molecule has 0 radical (unpaired) electrons. The van der Waals surface area contributed by atoms with Crippen LogP contribution >= 0.6 is 11.3 Å². The summed E-state index contributed by atoms with van der Waals surface area (Å²) in [4.78, 5) is 5.54. The molecule has 1 aromatic carbocycles. The van der Waals surface area contributed by atoms with E-state index < -0.39 is 11.7 Å². The molecule has 1 N–H and O–H groups in total. The highest BCUT2D eigenvalue weighted by atomic mass is 32.1. The molecule has 0 bridgehead atoms. The lowest BCUT2D eigenvalue weighted by molar-refractivity contribution is -0.137. The monoisotopic (exact) mass is 300 g/mol. The molecule has 0 aliphatic heterocycles. The molecule has 6 heteroatoms. The maximum atomic E-state index is 12.6.